The second kappa shape index (κ2) is 3.20. The highest BCUT2D eigenvalue weighted by atomic mass is 14.2. The van der Waals surface area contributed by atoms with E-state index >= 15 is 0 Å². The third kappa shape index (κ3) is 2.88. The molecule has 64 valence electrons. The molecule has 0 spiro atoms. The van der Waals surface area contributed by atoms with Crippen molar-refractivity contribution in [3.05, 3.63) is 0 Å². The molecule has 1 fully saturated rings. The van der Waals surface area contributed by atoms with E-state index in [9.17, 15) is 0 Å². The van der Waals surface area contributed by atoms with Crippen LogP contribution in [0.5, 0.6) is 0 Å². The van der Waals surface area contributed by atoms with Crippen molar-refractivity contribution in [2.45, 2.75) is 58.1 Å². The maximum absolute atomic E-state index is 2.42. The fourth-order valence-corrected chi connectivity index (χ4v) is 2.31. The summed E-state index contributed by atoms with van der Waals surface area (Å²) in [7, 11) is 1.42. The molecule has 1 saturated carbocycles. The van der Waals surface area contributed by atoms with Gasteiger partial charge in [0.15, 0.2) is 0 Å². The van der Waals surface area contributed by atoms with E-state index in [-0.39, 0.29) is 0 Å². The lowest BCUT2D eigenvalue weighted by atomic mass is 9.46. The Morgan fingerprint density at radius 1 is 1.18 bits per heavy atom. The first kappa shape index (κ1) is 9.16. The Hall–Kier alpha value is 0.0649. The van der Waals surface area contributed by atoms with Crippen molar-refractivity contribution in [3.8, 4) is 0 Å². The molecular weight excluding hydrogens is 131 g/mol. The van der Waals surface area contributed by atoms with E-state index in [0.717, 1.165) is 11.7 Å². The van der Waals surface area contributed by atoms with Crippen molar-refractivity contribution in [2.75, 3.05) is 0 Å². The average molecular weight is 152 g/mol. The monoisotopic (exact) mass is 152 g/mol. The minimum atomic E-state index is 0.545. The van der Waals surface area contributed by atoms with Crippen LogP contribution in [0.25, 0.3) is 0 Å². The van der Waals surface area contributed by atoms with Gasteiger partial charge >= 0.3 is 0 Å². The zero-order valence-electron chi connectivity index (χ0n) is 8.48. The van der Waals surface area contributed by atoms with Gasteiger partial charge in [-0.2, -0.15) is 0 Å². The van der Waals surface area contributed by atoms with E-state index in [1.807, 2.05) is 0 Å². The quantitative estimate of drug-likeness (QED) is 0.506. The molecule has 0 aromatic carbocycles. The first-order valence-corrected chi connectivity index (χ1v) is 4.99. The molecule has 0 saturated heterocycles. The zero-order chi connectivity index (χ0) is 8.48. The van der Waals surface area contributed by atoms with Gasteiger partial charge in [-0.05, 0) is 5.92 Å². The van der Waals surface area contributed by atoms with E-state index in [4.69, 9.17) is 0 Å². The molecule has 2 unspecified atom stereocenters. The van der Waals surface area contributed by atoms with Gasteiger partial charge in [-0.1, -0.05) is 58.1 Å². The van der Waals surface area contributed by atoms with Crippen LogP contribution in [0.2, 0.25) is 11.1 Å². The molecule has 1 rings (SSSR count). The van der Waals surface area contributed by atoms with Crippen LogP contribution in [0.1, 0.15) is 47.0 Å². The average Bonchev–Trinajstić information content (AvgIpc) is 2.12. The molecule has 0 bridgehead atoms. The molecule has 11 heavy (non-hydrogen) atoms. The highest BCUT2D eigenvalue weighted by Gasteiger charge is 2.28. The second-order valence-corrected chi connectivity index (χ2v) is 5.43. The largest absolute Gasteiger partial charge is 0.130 e. The lowest BCUT2D eigenvalue weighted by Crippen LogP contribution is -2.16. The highest BCUT2D eigenvalue weighted by molar-refractivity contribution is 6.41. The molecule has 0 nitrogen and oxygen atoms in total. The lowest BCUT2D eigenvalue weighted by molar-refractivity contribution is 0.589. The van der Waals surface area contributed by atoms with Crippen molar-refractivity contribution in [1.82, 2.24) is 0 Å². The van der Waals surface area contributed by atoms with Crippen molar-refractivity contribution < 1.29 is 0 Å². The SMILES string of the molecule is CC1CCCC1BC(C)(C)C. The Bertz CT molecular complexity index is 123. The number of rotatable bonds is 1. The summed E-state index contributed by atoms with van der Waals surface area (Å²) in [5.41, 5.74) is 0. The topological polar surface area (TPSA) is 0 Å². The molecule has 0 aliphatic heterocycles. The van der Waals surface area contributed by atoms with Crippen molar-refractivity contribution >= 4 is 7.28 Å². The van der Waals surface area contributed by atoms with E-state index in [2.05, 4.69) is 27.7 Å². The summed E-state index contributed by atoms with van der Waals surface area (Å²) in [6.45, 7) is 9.50. The molecule has 0 aromatic heterocycles. The van der Waals surface area contributed by atoms with E-state index in [1.54, 1.807) is 0 Å². The number of hydrogen-bond acceptors (Lipinski definition) is 0. The predicted octanol–water partition coefficient (Wildman–Crippen LogP) is 3.25. The lowest BCUT2D eigenvalue weighted by Gasteiger charge is -2.23. The van der Waals surface area contributed by atoms with Gasteiger partial charge in [0.2, 0.25) is 0 Å². The third-order valence-electron chi connectivity index (χ3n) is 2.91. The summed E-state index contributed by atoms with van der Waals surface area (Å²) >= 11 is 0. The summed E-state index contributed by atoms with van der Waals surface area (Å²) in [4.78, 5) is 0. The van der Waals surface area contributed by atoms with Crippen LogP contribution in [0.3, 0.4) is 0 Å². The third-order valence-corrected chi connectivity index (χ3v) is 2.91. The van der Waals surface area contributed by atoms with Gasteiger partial charge in [0, 0.05) is 0 Å². The normalized spacial score (nSPS) is 32.4. The van der Waals surface area contributed by atoms with Crippen molar-refractivity contribution in [1.29, 1.82) is 0 Å². The molecular formula is C10H21B. The van der Waals surface area contributed by atoms with E-state index in [1.165, 1.54) is 26.5 Å². The Labute approximate surface area is 72.0 Å². The Kier molecular flexibility index (Phi) is 2.67. The smallest absolute Gasteiger partial charge is 0.0671 e. The molecule has 1 aliphatic carbocycles. The van der Waals surface area contributed by atoms with Crippen LogP contribution >= 0.6 is 0 Å². The molecule has 1 aliphatic rings. The fourth-order valence-electron chi connectivity index (χ4n) is 2.31. The Morgan fingerprint density at radius 3 is 2.18 bits per heavy atom. The first-order valence-electron chi connectivity index (χ1n) is 4.99. The standard InChI is InChI=1S/C10H21B/c1-8-6-5-7-9(8)11-10(2,3)4/h8-9,11H,5-7H2,1-4H3. The van der Waals surface area contributed by atoms with E-state index in [0.29, 0.717) is 5.31 Å². The van der Waals surface area contributed by atoms with Crippen LogP contribution < -0.4 is 0 Å². The molecule has 0 radical (unpaired) electrons. The first-order chi connectivity index (χ1) is 4.99. The Morgan fingerprint density at radius 2 is 1.82 bits per heavy atom. The molecule has 0 N–H and O–H groups in total. The minimum Gasteiger partial charge on any atom is -0.0671 e. The van der Waals surface area contributed by atoms with Crippen LogP contribution in [0.15, 0.2) is 0 Å². The Balaban J connectivity index is 2.37. The van der Waals surface area contributed by atoms with Crippen LogP contribution in [-0.4, -0.2) is 7.28 Å². The second-order valence-electron chi connectivity index (χ2n) is 5.43. The van der Waals surface area contributed by atoms with Gasteiger partial charge in [0.05, 0.1) is 0 Å². The maximum Gasteiger partial charge on any atom is 0.130 e. The molecule has 1 heteroatoms. The van der Waals surface area contributed by atoms with Gasteiger partial charge < -0.3 is 0 Å². The van der Waals surface area contributed by atoms with Crippen LogP contribution in [0.4, 0.5) is 0 Å². The summed E-state index contributed by atoms with van der Waals surface area (Å²) < 4.78 is 0. The van der Waals surface area contributed by atoms with Gasteiger partial charge in [-0.15, -0.1) is 0 Å². The van der Waals surface area contributed by atoms with Gasteiger partial charge in [-0.25, -0.2) is 0 Å². The molecule has 2 atom stereocenters. The summed E-state index contributed by atoms with van der Waals surface area (Å²) in [6, 6.07) is 0. The van der Waals surface area contributed by atoms with Gasteiger partial charge in [0.25, 0.3) is 0 Å². The van der Waals surface area contributed by atoms with Crippen molar-refractivity contribution in [3.63, 3.8) is 0 Å². The highest BCUT2D eigenvalue weighted by Crippen LogP contribution is 2.40. The van der Waals surface area contributed by atoms with Crippen molar-refractivity contribution in [2.24, 2.45) is 5.92 Å². The number of hydrogen-bond donors (Lipinski definition) is 0. The predicted molar refractivity (Wildman–Crippen MR) is 53.6 cm³/mol. The summed E-state index contributed by atoms with van der Waals surface area (Å²) in [6.07, 6.45) is 4.43. The minimum absolute atomic E-state index is 0.545. The fraction of sp³-hybridized carbons (Fsp3) is 1.00. The van der Waals surface area contributed by atoms with Gasteiger partial charge in [-0.3, -0.25) is 0 Å². The maximum atomic E-state index is 2.42. The van der Waals surface area contributed by atoms with Crippen LogP contribution in [-0.2, 0) is 0 Å². The summed E-state index contributed by atoms with van der Waals surface area (Å²) in [5.74, 6) is 2.02. The molecule has 0 heterocycles. The van der Waals surface area contributed by atoms with E-state index < -0.39 is 0 Å². The van der Waals surface area contributed by atoms with Gasteiger partial charge in [0.1, 0.15) is 7.28 Å². The molecule has 0 amide bonds. The van der Waals surface area contributed by atoms with Crippen LogP contribution in [0, 0.1) is 5.92 Å². The molecule has 0 aromatic rings. The zero-order valence-corrected chi connectivity index (χ0v) is 8.48. The summed E-state index contributed by atoms with van der Waals surface area (Å²) in [5, 5.41) is 0.545.